The molecule has 0 atom stereocenters. The molecule has 1 N–H and O–H groups in total. The first-order valence-electron chi connectivity index (χ1n) is 5.78. The highest BCUT2D eigenvalue weighted by Gasteiger charge is 2.21. The largest absolute Gasteiger partial charge is 0.348 e. The predicted molar refractivity (Wildman–Crippen MR) is 65.5 cm³/mol. The Bertz CT molecular complexity index is 486. The summed E-state index contributed by atoms with van der Waals surface area (Å²) in [6.45, 7) is 4.61. The van der Waals surface area contributed by atoms with Gasteiger partial charge >= 0.3 is 0 Å². The van der Waals surface area contributed by atoms with Gasteiger partial charge in [0.2, 0.25) is 5.91 Å². The van der Waals surface area contributed by atoms with Crippen molar-refractivity contribution in [3.63, 3.8) is 0 Å². The number of amides is 1. The fourth-order valence-electron chi connectivity index (χ4n) is 1.67. The van der Waals surface area contributed by atoms with Crippen LogP contribution >= 0.6 is 0 Å². The third-order valence-corrected chi connectivity index (χ3v) is 2.85. The Morgan fingerprint density at radius 2 is 2.29 bits per heavy atom. The van der Waals surface area contributed by atoms with E-state index in [0.29, 0.717) is 12.5 Å². The van der Waals surface area contributed by atoms with Crippen molar-refractivity contribution < 1.29 is 4.79 Å². The summed E-state index contributed by atoms with van der Waals surface area (Å²) in [5, 5.41) is 2.69. The summed E-state index contributed by atoms with van der Waals surface area (Å²) in [5.41, 5.74) is 0.955. The van der Waals surface area contributed by atoms with Gasteiger partial charge in [-0.3, -0.25) is 9.59 Å². The SMILES string of the molecule is C=CC(=O)NCc1ccc(=O)n(CC2CC2)c1. The number of pyridine rings is 1. The monoisotopic (exact) mass is 232 g/mol. The second-order valence-electron chi connectivity index (χ2n) is 4.39. The van der Waals surface area contributed by atoms with E-state index in [2.05, 4.69) is 11.9 Å². The molecule has 0 spiro atoms. The van der Waals surface area contributed by atoms with Gasteiger partial charge in [-0.1, -0.05) is 12.6 Å². The summed E-state index contributed by atoms with van der Waals surface area (Å²) in [6, 6.07) is 3.30. The van der Waals surface area contributed by atoms with Crippen LogP contribution in [-0.2, 0) is 17.9 Å². The lowest BCUT2D eigenvalue weighted by Gasteiger charge is -2.07. The number of hydrogen-bond donors (Lipinski definition) is 1. The van der Waals surface area contributed by atoms with Gasteiger partial charge in [-0.2, -0.15) is 0 Å². The van der Waals surface area contributed by atoms with Crippen molar-refractivity contribution in [3.05, 3.63) is 46.9 Å². The normalized spacial score (nSPS) is 14.4. The van der Waals surface area contributed by atoms with Crippen LogP contribution < -0.4 is 10.9 Å². The summed E-state index contributed by atoms with van der Waals surface area (Å²) in [4.78, 5) is 22.6. The highest BCUT2D eigenvalue weighted by molar-refractivity contribution is 5.86. The lowest BCUT2D eigenvalue weighted by molar-refractivity contribution is -0.116. The molecule has 0 aromatic carbocycles. The molecule has 17 heavy (non-hydrogen) atoms. The van der Waals surface area contributed by atoms with Crippen LogP contribution in [0.15, 0.2) is 35.8 Å². The number of hydrogen-bond acceptors (Lipinski definition) is 2. The minimum absolute atomic E-state index is 0.0238. The van der Waals surface area contributed by atoms with E-state index >= 15 is 0 Å². The molecule has 4 nitrogen and oxygen atoms in total. The van der Waals surface area contributed by atoms with E-state index in [0.717, 1.165) is 12.1 Å². The van der Waals surface area contributed by atoms with Crippen molar-refractivity contribution in [3.8, 4) is 0 Å². The van der Waals surface area contributed by atoms with Crippen molar-refractivity contribution in [1.29, 1.82) is 0 Å². The lowest BCUT2D eigenvalue weighted by Crippen LogP contribution is -2.24. The number of carbonyl (C=O) groups is 1. The number of nitrogens with zero attached hydrogens (tertiary/aromatic N) is 1. The zero-order valence-electron chi connectivity index (χ0n) is 9.69. The van der Waals surface area contributed by atoms with E-state index in [9.17, 15) is 9.59 Å². The van der Waals surface area contributed by atoms with E-state index in [1.165, 1.54) is 18.9 Å². The molecule has 1 heterocycles. The predicted octanol–water partition coefficient (Wildman–Crippen LogP) is 1.06. The van der Waals surface area contributed by atoms with Crippen molar-refractivity contribution >= 4 is 5.91 Å². The molecule has 0 saturated heterocycles. The van der Waals surface area contributed by atoms with Gasteiger partial charge in [-0.15, -0.1) is 0 Å². The molecular weight excluding hydrogens is 216 g/mol. The van der Waals surface area contributed by atoms with Gasteiger partial charge in [0.05, 0.1) is 0 Å². The molecule has 1 aromatic rings. The zero-order chi connectivity index (χ0) is 12.3. The van der Waals surface area contributed by atoms with Gasteiger partial charge in [-0.25, -0.2) is 0 Å². The molecule has 0 unspecified atom stereocenters. The molecule has 2 rings (SSSR count). The Hall–Kier alpha value is -1.84. The molecule has 1 aliphatic rings. The molecule has 0 bridgehead atoms. The van der Waals surface area contributed by atoms with Gasteiger partial charge < -0.3 is 9.88 Å². The highest BCUT2D eigenvalue weighted by atomic mass is 16.1. The highest BCUT2D eigenvalue weighted by Crippen LogP contribution is 2.29. The van der Waals surface area contributed by atoms with Crippen LogP contribution in [0.2, 0.25) is 0 Å². The average Bonchev–Trinajstić information content (AvgIpc) is 3.13. The van der Waals surface area contributed by atoms with Crippen molar-refractivity contribution in [2.45, 2.75) is 25.9 Å². The van der Waals surface area contributed by atoms with Crippen LogP contribution in [0.4, 0.5) is 0 Å². The Kier molecular flexibility index (Phi) is 3.42. The topological polar surface area (TPSA) is 51.1 Å². The van der Waals surface area contributed by atoms with Crippen LogP contribution in [0.25, 0.3) is 0 Å². The van der Waals surface area contributed by atoms with Crippen molar-refractivity contribution in [2.75, 3.05) is 0 Å². The molecule has 4 heteroatoms. The number of nitrogens with one attached hydrogen (secondary N) is 1. The molecule has 0 aliphatic heterocycles. The van der Waals surface area contributed by atoms with E-state index in [1.807, 2.05) is 6.20 Å². The standard InChI is InChI=1S/C13H16N2O2/c1-2-12(16)14-7-11-5-6-13(17)15(9-11)8-10-3-4-10/h2,5-6,9-10H,1,3-4,7-8H2,(H,14,16). The Balaban J connectivity index is 2.04. The summed E-state index contributed by atoms with van der Waals surface area (Å²) in [7, 11) is 0. The van der Waals surface area contributed by atoms with Crippen LogP contribution in [0.5, 0.6) is 0 Å². The van der Waals surface area contributed by atoms with E-state index in [4.69, 9.17) is 0 Å². The van der Waals surface area contributed by atoms with Gasteiger partial charge in [0.15, 0.2) is 0 Å². The quantitative estimate of drug-likeness (QED) is 0.772. The first-order chi connectivity index (χ1) is 8.19. The third-order valence-electron chi connectivity index (χ3n) is 2.85. The molecule has 0 radical (unpaired) electrons. The van der Waals surface area contributed by atoms with Crippen LogP contribution in [-0.4, -0.2) is 10.5 Å². The molecular formula is C13H16N2O2. The molecule has 90 valence electrons. The lowest BCUT2D eigenvalue weighted by atomic mass is 10.2. The maximum absolute atomic E-state index is 11.6. The van der Waals surface area contributed by atoms with Crippen molar-refractivity contribution in [2.24, 2.45) is 5.92 Å². The van der Waals surface area contributed by atoms with E-state index in [-0.39, 0.29) is 11.5 Å². The molecule has 1 amide bonds. The smallest absolute Gasteiger partial charge is 0.250 e. The molecule has 1 aromatic heterocycles. The second-order valence-corrected chi connectivity index (χ2v) is 4.39. The fraction of sp³-hybridized carbons (Fsp3) is 0.385. The molecule has 1 aliphatic carbocycles. The number of carbonyl (C=O) groups excluding carboxylic acids is 1. The Labute approximate surface area is 100.0 Å². The third kappa shape index (κ3) is 3.31. The van der Waals surface area contributed by atoms with Crippen LogP contribution in [0.1, 0.15) is 18.4 Å². The van der Waals surface area contributed by atoms with Gasteiger partial charge in [-0.05, 0) is 30.4 Å². The van der Waals surface area contributed by atoms with Gasteiger partial charge in [0, 0.05) is 25.4 Å². The first kappa shape index (κ1) is 11.6. The summed E-state index contributed by atoms with van der Waals surface area (Å²) < 4.78 is 1.73. The van der Waals surface area contributed by atoms with E-state index < -0.39 is 0 Å². The maximum atomic E-state index is 11.6. The van der Waals surface area contributed by atoms with Crippen LogP contribution in [0.3, 0.4) is 0 Å². The van der Waals surface area contributed by atoms with Gasteiger partial charge in [0.25, 0.3) is 5.56 Å². The zero-order valence-corrected chi connectivity index (χ0v) is 9.69. The fourth-order valence-corrected chi connectivity index (χ4v) is 1.67. The minimum Gasteiger partial charge on any atom is -0.348 e. The summed E-state index contributed by atoms with van der Waals surface area (Å²) in [5.74, 6) is 0.454. The molecule has 1 fully saturated rings. The minimum atomic E-state index is -0.204. The summed E-state index contributed by atoms with van der Waals surface area (Å²) >= 11 is 0. The average molecular weight is 232 g/mol. The Morgan fingerprint density at radius 3 is 2.94 bits per heavy atom. The second kappa shape index (κ2) is 4.99. The maximum Gasteiger partial charge on any atom is 0.250 e. The van der Waals surface area contributed by atoms with Gasteiger partial charge in [0.1, 0.15) is 0 Å². The number of aromatic nitrogens is 1. The van der Waals surface area contributed by atoms with Crippen LogP contribution in [0, 0.1) is 5.92 Å². The van der Waals surface area contributed by atoms with E-state index in [1.54, 1.807) is 16.7 Å². The molecule has 1 saturated carbocycles. The Morgan fingerprint density at radius 1 is 1.53 bits per heavy atom. The first-order valence-corrected chi connectivity index (χ1v) is 5.78. The van der Waals surface area contributed by atoms with Crippen molar-refractivity contribution in [1.82, 2.24) is 9.88 Å². The number of rotatable bonds is 5. The summed E-state index contributed by atoms with van der Waals surface area (Å²) in [6.07, 6.45) is 5.48.